The second-order valence-corrected chi connectivity index (χ2v) is 17.3. The Morgan fingerprint density at radius 3 is 2.41 bits per heavy atom. The summed E-state index contributed by atoms with van der Waals surface area (Å²) in [6, 6.07) is 16.5. The predicted octanol–water partition coefficient (Wildman–Crippen LogP) is 10.1. The van der Waals surface area contributed by atoms with E-state index in [1.807, 2.05) is 37.3 Å². The summed E-state index contributed by atoms with van der Waals surface area (Å²) >= 11 is 0. The Hall–Kier alpha value is -5.28. The van der Waals surface area contributed by atoms with Crippen LogP contribution in [0.15, 0.2) is 90.1 Å². The van der Waals surface area contributed by atoms with E-state index in [1.54, 1.807) is 11.0 Å². The van der Waals surface area contributed by atoms with Crippen LogP contribution in [0, 0.1) is 41.7 Å². The van der Waals surface area contributed by atoms with Crippen molar-refractivity contribution in [3.8, 4) is 23.0 Å². The molecule has 4 aliphatic rings. The van der Waals surface area contributed by atoms with Gasteiger partial charge in [-0.2, -0.15) is 0 Å². The highest BCUT2D eigenvalue weighted by atomic mass is 16.8. The molecular weight excluding hydrogens is 819 g/mol. The number of allylic oxidation sites excluding steroid dienone is 1. The number of nitro benzene ring substituents is 1. The lowest BCUT2D eigenvalue weighted by molar-refractivity contribution is -0.384. The summed E-state index contributed by atoms with van der Waals surface area (Å²) in [7, 11) is 0. The summed E-state index contributed by atoms with van der Waals surface area (Å²) in [6.45, 7) is 11.2. The van der Waals surface area contributed by atoms with E-state index in [0.29, 0.717) is 55.3 Å². The van der Waals surface area contributed by atoms with Crippen molar-refractivity contribution >= 4 is 17.5 Å². The number of unbranched alkanes of at least 4 members (excludes halogenated alkanes) is 2. The molecule has 344 valence electrons. The smallest absolute Gasteiger partial charge is 0.415 e. The van der Waals surface area contributed by atoms with Crippen LogP contribution < -0.4 is 14.2 Å². The first-order valence-corrected chi connectivity index (χ1v) is 22.9. The van der Waals surface area contributed by atoms with Gasteiger partial charge in [0.1, 0.15) is 29.0 Å². The first-order chi connectivity index (χ1) is 31.1. The Morgan fingerprint density at radius 2 is 1.72 bits per heavy atom. The van der Waals surface area contributed by atoms with Crippen molar-refractivity contribution in [3.63, 3.8) is 0 Å². The molecule has 1 saturated carbocycles. The van der Waals surface area contributed by atoms with E-state index in [-0.39, 0.29) is 62.0 Å². The van der Waals surface area contributed by atoms with Crippen molar-refractivity contribution in [2.75, 3.05) is 33.0 Å². The van der Waals surface area contributed by atoms with Crippen LogP contribution in [0.5, 0.6) is 23.0 Å². The summed E-state index contributed by atoms with van der Waals surface area (Å²) in [5, 5.41) is 36.3. The number of aliphatic hydroxyl groups is 2. The topological polar surface area (TPSA) is 172 Å². The van der Waals surface area contributed by atoms with Crippen LogP contribution in [0.4, 0.5) is 10.5 Å². The average molecular weight is 882 g/mol. The lowest BCUT2D eigenvalue weighted by atomic mass is 9.55. The third kappa shape index (κ3) is 10.3. The number of amides is 1. The van der Waals surface area contributed by atoms with Gasteiger partial charge in [-0.3, -0.25) is 15.0 Å². The van der Waals surface area contributed by atoms with E-state index >= 15 is 0 Å². The van der Waals surface area contributed by atoms with Gasteiger partial charge in [0.15, 0.2) is 0 Å². The fourth-order valence-electron chi connectivity index (χ4n) is 9.95. The van der Waals surface area contributed by atoms with Crippen LogP contribution in [0.25, 0.3) is 0 Å². The third-order valence-corrected chi connectivity index (χ3v) is 13.1. The van der Waals surface area contributed by atoms with Gasteiger partial charge in [0, 0.05) is 56.2 Å². The van der Waals surface area contributed by atoms with Crippen molar-refractivity contribution in [1.82, 2.24) is 4.90 Å². The molecule has 1 saturated heterocycles. The number of aryl methyl sites for hydroxylation is 2. The van der Waals surface area contributed by atoms with Crippen molar-refractivity contribution in [2.24, 2.45) is 22.9 Å². The van der Waals surface area contributed by atoms with Gasteiger partial charge in [0.25, 0.3) is 5.69 Å². The molecule has 0 bridgehead atoms. The molecule has 14 heteroatoms. The second-order valence-electron chi connectivity index (χ2n) is 17.3. The Labute approximate surface area is 376 Å². The molecule has 2 aliphatic heterocycles. The molecule has 7 atom stereocenters. The van der Waals surface area contributed by atoms with Crippen LogP contribution in [0.3, 0.4) is 0 Å². The number of fused-ring (bicyclic) bond motifs is 2. The highest BCUT2D eigenvalue weighted by Crippen LogP contribution is 2.62. The molecule has 0 aromatic heterocycles. The highest BCUT2D eigenvalue weighted by Gasteiger charge is 2.65. The van der Waals surface area contributed by atoms with Gasteiger partial charge in [-0.25, -0.2) is 4.79 Å². The minimum atomic E-state index is -1.50. The Bertz CT molecular complexity index is 2150. The fourth-order valence-corrected chi connectivity index (χ4v) is 9.95. The van der Waals surface area contributed by atoms with Crippen molar-refractivity contribution in [2.45, 2.75) is 115 Å². The normalized spacial score (nSPS) is 25.3. The van der Waals surface area contributed by atoms with Gasteiger partial charge in [0.05, 0.1) is 29.8 Å². The summed E-state index contributed by atoms with van der Waals surface area (Å²) in [4.78, 5) is 33.5. The van der Waals surface area contributed by atoms with Gasteiger partial charge in [-0.05, 0) is 130 Å². The molecule has 0 radical (unpaired) electrons. The Balaban J connectivity index is 1.42. The van der Waals surface area contributed by atoms with Crippen LogP contribution in [0.1, 0.15) is 100 Å². The molecule has 2 aliphatic carbocycles. The number of non-ortho nitro benzene ring substituents is 1. The zero-order chi connectivity index (χ0) is 45.2. The third-order valence-electron chi connectivity index (χ3n) is 13.1. The molecule has 64 heavy (non-hydrogen) atoms. The van der Waals surface area contributed by atoms with Crippen molar-refractivity contribution in [1.29, 1.82) is 0 Å². The fraction of sp³-hybridized carbons (Fsp3) is 0.520. The van der Waals surface area contributed by atoms with E-state index in [1.165, 1.54) is 29.8 Å². The van der Waals surface area contributed by atoms with Gasteiger partial charge in [-0.1, -0.05) is 43.1 Å². The van der Waals surface area contributed by atoms with Gasteiger partial charge >= 0.3 is 6.09 Å². The summed E-state index contributed by atoms with van der Waals surface area (Å²) in [5.74, 6) is -0.137. The maximum atomic E-state index is 14.7. The summed E-state index contributed by atoms with van der Waals surface area (Å²) in [5.41, 5.74) is 4.64. The summed E-state index contributed by atoms with van der Waals surface area (Å²) in [6.07, 6.45) is 10.5. The minimum absolute atomic E-state index is 0.0134. The number of nitrogens with zero attached hydrogens (tertiary/aromatic N) is 3. The molecule has 2 heterocycles. The maximum Gasteiger partial charge on any atom is 0.415 e. The quantitative estimate of drug-likeness (QED) is 0.0479. The number of carbonyl (C=O) groups is 1. The lowest BCUT2D eigenvalue weighted by Crippen LogP contribution is -2.70. The van der Waals surface area contributed by atoms with Crippen LogP contribution in [-0.2, 0) is 14.3 Å². The van der Waals surface area contributed by atoms with E-state index in [9.17, 15) is 25.1 Å². The van der Waals surface area contributed by atoms with Crippen LogP contribution >= 0.6 is 0 Å². The minimum Gasteiger partial charge on any atom is -0.459 e. The van der Waals surface area contributed by atoms with E-state index in [0.717, 1.165) is 55.2 Å². The Kier molecular flexibility index (Phi) is 15.8. The van der Waals surface area contributed by atoms with Crippen LogP contribution in [0.2, 0.25) is 0 Å². The first-order valence-electron chi connectivity index (χ1n) is 22.9. The van der Waals surface area contributed by atoms with Gasteiger partial charge in [-0.15, -0.1) is 6.58 Å². The van der Waals surface area contributed by atoms with Gasteiger partial charge < -0.3 is 38.7 Å². The number of hydrogen-bond acceptors (Lipinski definition) is 12. The van der Waals surface area contributed by atoms with E-state index < -0.39 is 35.1 Å². The average Bonchev–Trinajstić information content (AvgIpc) is 3.30. The molecule has 0 spiro atoms. The Morgan fingerprint density at radius 1 is 0.984 bits per heavy atom. The van der Waals surface area contributed by atoms with Crippen molar-refractivity contribution < 1.29 is 48.5 Å². The molecule has 2 N–H and O–H groups in total. The molecule has 14 nitrogen and oxygen atoms in total. The van der Waals surface area contributed by atoms with Crippen molar-refractivity contribution in [3.05, 3.63) is 112 Å². The molecule has 7 rings (SSSR count). The maximum absolute atomic E-state index is 14.7. The SMILES string of the molecule is C=CCOC12Oc3ccc(Oc4ccc(C)c(C)c4)cc3C3C(CCCCO)C(CCCCO)C=C(C(=NOC4CCCCO4)CC1N(CCC)C(=O)Oc1ccc([N+](=O)[O-])cc1)C32. The molecule has 2 fully saturated rings. The van der Waals surface area contributed by atoms with Crippen LogP contribution in [-0.4, -0.2) is 82.9 Å². The molecule has 3 aromatic carbocycles. The molecular formula is C50H63N3O11. The highest BCUT2D eigenvalue weighted by molar-refractivity contribution is 6.03. The molecule has 3 aromatic rings. The molecule has 1 amide bonds. The number of aliphatic hydroxyl groups excluding tert-OH is 2. The van der Waals surface area contributed by atoms with Gasteiger partial charge in [0.2, 0.25) is 12.1 Å². The van der Waals surface area contributed by atoms with E-state index in [4.69, 9.17) is 33.7 Å². The first kappa shape index (κ1) is 46.7. The number of nitro groups is 1. The lowest BCUT2D eigenvalue weighted by Gasteiger charge is -2.59. The monoisotopic (exact) mass is 881 g/mol. The standard InChI is InChI=1S/C50H63N3O11/c1-5-24-52(49(56)62-37-20-17-36(18-21-37)53(57)58)45-32-43(51-64-46-15-9-12-28-59-46)41-30-35(13-7-10-25-54)40(14-8-11-26-55)47-42-31-39(61-38-19-16-33(3)34(4)29-38)22-23-44(42)63-50(45,48(41)47)60-27-6-2/h6,16-23,29-31,35,40,45-48,54-55H,2,5,7-15,24-28,32H2,1,3-4H3. The number of benzene rings is 3. The zero-order valence-electron chi connectivity index (χ0n) is 37.3. The largest absolute Gasteiger partial charge is 0.459 e. The zero-order valence-corrected chi connectivity index (χ0v) is 37.3. The number of ether oxygens (including phenoxy) is 5. The summed E-state index contributed by atoms with van der Waals surface area (Å²) < 4.78 is 33.0. The predicted molar refractivity (Wildman–Crippen MR) is 242 cm³/mol. The number of carbonyl (C=O) groups excluding carboxylic acids is 1. The second kappa shape index (κ2) is 21.6. The number of oxime groups is 1. The number of rotatable bonds is 20. The number of hydrogen-bond donors (Lipinski definition) is 2. The van der Waals surface area contributed by atoms with E-state index in [2.05, 4.69) is 32.6 Å². The molecule has 7 unspecified atom stereocenters.